The van der Waals surface area contributed by atoms with Crippen LogP contribution < -0.4 is 10.6 Å². The van der Waals surface area contributed by atoms with Gasteiger partial charge in [0.15, 0.2) is 0 Å². The number of amides is 2. The first-order valence-corrected chi connectivity index (χ1v) is 9.66. The first kappa shape index (κ1) is 22.1. The van der Waals surface area contributed by atoms with E-state index in [-0.39, 0.29) is 13.0 Å². The number of halogens is 3. The van der Waals surface area contributed by atoms with Gasteiger partial charge in [-0.1, -0.05) is 60.7 Å². The molecule has 0 saturated heterocycles. The monoisotopic (exact) mass is 426 g/mol. The standard InChI is InChI=1S/C24H21F3N2O2/c25-24(26,27)20-13-7-10-18(14-20)16-28-23(31)21(15-17-8-3-1-4-9-17)29-22(30)19-11-5-2-6-12-19/h1-14,21H,15-16H2,(H,28,31)(H,29,30)/t21-/m1/s1. The molecule has 0 aromatic heterocycles. The Morgan fingerprint density at radius 3 is 2.06 bits per heavy atom. The highest BCUT2D eigenvalue weighted by Crippen LogP contribution is 2.29. The molecule has 31 heavy (non-hydrogen) atoms. The Balaban J connectivity index is 1.72. The number of nitrogens with one attached hydrogen (secondary N) is 2. The van der Waals surface area contributed by atoms with Crippen molar-refractivity contribution in [3.63, 3.8) is 0 Å². The van der Waals surface area contributed by atoms with Gasteiger partial charge < -0.3 is 10.6 Å². The lowest BCUT2D eigenvalue weighted by Gasteiger charge is -2.19. The van der Waals surface area contributed by atoms with Gasteiger partial charge in [0.1, 0.15) is 6.04 Å². The van der Waals surface area contributed by atoms with Crippen LogP contribution in [0.1, 0.15) is 27.0 Å². The third kappa shape index (κ3) is 6.44. The van der Waals surface area contributed by atoms with Crippen LogP contribution in [-0.4, -0.2) is 17.9 Å². The molecule has 7 heteroatoms. The molecule has 0 radical (unpaired) electrons. The van der Waals surface area contributed by atoms with Gasteiger partial charge in [0.25, 0.3) is 5.91 Å². The Morgan fingerprint density at radius 1 is 0.806 bits per heavy atom. The van der Waals surface area contributed by atoms with E-state index < -0.39 is 29.6 Å². The smallest absolute Gasteiger partial charge is 0.350 e. The van der Waals surface area contributed by atoms with Crippen LogP contribution in [0.25, 0.3) is 0 Å². The van der Waals surface area contributed by atoms with E-state index in [0.29, 0.717) is 11.1 Å². The maximum Gasteiger partial charge on any atom is 0.416 e. The number of hydrogen-bond donors (Lipinski definition) is 2. The second-order valence-electron chi connectivity index (χ2n) is 7.00. The lowest BCUT2D eigenvalue weighted by molar-refractivity contribution is -0.137. The van der Waals surface area contributed by atoms with Crippen LogP contribution >= 0.6 is 0 Å². The average molecular weight is 426 g/mol. The molecule has 3 aromatic carbocycles. The highest BCUT2D eigenvalue weighted by molar-refractivity contribution is 5.97. The predicted octanol–water partition coefficient (Wildman–Crippen LogP) is 4.36. The minimum atomic E-state index is -4.46. The first-order chi connectivity index (χ1) is 14.8. The van der Waals surface area contributed by atoms with Gasteiger partial charge in [-0.25, -0.2) is 0 Å². The summed E-state index contributed by atoms with van der Waals surface area (Å²) >= 11 is 0. The fourth-order valence-corrected chi connectivity index (χ4v) is 3.06. The Bertz CT molecular complexity index is 1020. The van der Waals surface area contributed by atoms with Crippen LogP contribution in [0.5, 0.6) is 0 Å². The lowest BCUT2D eigenvalue weighted by Crippen LogP contribution is -2.47. The highest BCUT2D eigenvalue weighted by atomic mass is 19.4. The SMILES string of the molecule is O=C(N[C@H](Cc1ccccc1)C(=O)NCc1cccc(C(F)(F)F)c1)c1ccccc1. The zero-order chi connectivity index (χ0) is 22.3. The van der Waals surface area contributed by atoms with E-state index in [1.165, 1.54) is 12.1 Å². The Morgan fingerprint density at radius 2 is 1.42 bits per heavy atom. The summed E-state index contributed by atoms with van der Waals surface area (Å²) in [7, 11) is 0. The van der Waals surface area contributed by atoms with E-state index in [2.05, 4.69) is 10.6 Å². The van der Waals surface area contributed by atoms with Crippen molar-refractivity contribution < 1.29 is 22.8 Å². The van der Waals surface area contributed by atoms with Crippen molar-refractivity contribution >= 4 is 11.8 Å². The van der Waals surface area contributed by atoms with Crippen molar-refractivity contribution in [3.05, 3.63) is 107 Å². The van der Waals surface area contributed by atoms with Gasteiger partial charge in [-0.2, -0.15) is 13.2 Å². The highest BCUT2D eigenvalue weighted by Gasteiger charge is 2.30. The molecule has 0 spiro atoms. The number of carbonyl (C=O) groups is 2. The molecule has 2 N–H and O–H groups in total. The van der Waals surface area contributed by atoms with E-state index >= 15 is 0 Å². The third-order valence-electron chi connectivity index (χ3n) is 4.66. The fourth-order valence-electron chi connectivity index (χ4n) is 3.06. The van der Waals surface area contributed by atoms with E-state index in [9.17, 15) is 22.8 Å². The third-order valence-corrected chi connectivity index (χ3v) is 4.66. The molecule has 0 aliphatic carbocycles. The largest absolute Gasteiger partial charge is 0.416 e. The van der Waals surface area contributed by atoms with Crippen LogP contribution in [0.2, 0.25) is 0 Å². The van der Waals surface area contributed by atoms with Gasteiger partial charge in [-0.15, -0.1) is 0 Å². The summed E-state index contributed by atoms with van der Waals surface area (Å²) in [5.41, 5.74) is 0.787. The number of carbonyl (C=O) groups excluding carboxylic acids is 2. The minimum Gasteiger partial charge on any atom is -0.350 e. The minimum absolute atomic E-state index is 0.0880. The van der Waals surface area contributed by atoms with Crippen LogP contribution in [0, 0.1) is 0 Å². The van der Waals surface area contributed by atoms with Crippen molar-refractivity contribution in [2.75, 3.05) is 0 Å². The molecule has 4 nitrogen and oxygen atoms in total. The van der Waals surface area contributed by atoms with Crippen LogP contribution in [0.3, 0.4) is 0 Å². The summed E-state index contributed by atoms with van der Waals surface area (Å²) in [6, 6.07) is 21.5. The summed E-state index contributed by atoms with van der Waals surface area (Å²) in [5.74, 6) is -0.888. The predicted molar refractivity (Wildman–Crippen MR) is 111 cm³/mol. The van der Waals surface area contributed by atoms with E-state index in [1.807, 2.05) is 30.3 Å². The van der Waals surface area contributed by atoms with Crippen LogP contribution in [0.4, 0.5) is 13.2 Å². The number of benzene rings is 3. The lowest BCUT2D eigenvalue weighted by atomic mass is 10.0. The van der Waals surface area contributed by atoms with Crippen LogP contribution in [-0.2, 0) is 23.9 Å². The molecule has 3 aromatic rings. The fraction of sp³-hybridized carbons (Fsp3) is 0.167. The molecule has 160 valence electrons. The summed E-state index contributed by atoms with van der Waals surface area (Å²) in [4.78, 5) is 25.4. The van der Waals surface area contributed by atoms with E-state index in [4.69, 9.17) is 0 Å². The summed E-state index contributed by atoms with van der Waals surface area (Å²) in [6.07, 6.45) is -4.21. The Labute approximate surface area is 178 Å². The number of hydrogen-bond acceptors (Lipinski definition) is 2. The summed E-state index contributed by atoms with van der Waals surface area (Å²) in [5, 5.41) is 5.36. The zero-order valence-electron chi connectivity index (χ0n) is 16.5. The number of rotatable bonds is 7. The normalized spacial score (nSPS) is 12.1. The van der Waals surface area contributed by atoms with Crippen molar-refractivity contribution in [2.45, 2.75) is 25.2 Å². The molecule has 0 bridgehead atoms. The van der Waals surface area contributed by atoms with Crippen molar-refractivity contribution in [3.8, 4) is 0 Å². The van der Waals surface area contributed by atoms with Gasteiger partial charge in [-0.05, 0) is 35.4 Å². The topological polar surface area (TPSA) is 58.2 Å². The molecule has 1 atom stereocenters. The molecule has 0 fully saturated rings. The first-order valence-electron chi connectivity index (χ1n) is 9.66. The van der Waals surface area contributed by atoms with E-state index in [1.54, 1.807) is 30.3 Å². The van der Waals surface area contributed by atoms with Crippen molar-refractivity contribution in [2.24, 2.45) is 0 Å². The second-order valence-corrected chi connectivity index (χ2v) is 7.00. The van der Waals surface area contributed by atoms with Crippen molar-refractivity contribution in [1.82, 2.24) is 10.6 Å². The zero-order valence-corrected chi connectivity index (χ0v) is 16.5. The molecule has 0 saturated carbocycles. The Hall–Kier alpha value is -3.61. The number of alkyl halides is 3. The maximum absolute atomic E-state index is 12.9. The van der Waals surface area contributed by atoms with E-state index in [0.717, 1.165) is 17.7 Å². The molecule has 0 unspecified atom stereocenters. The molecule has 3 rings (SSSR count). The van der Waals surface area contributed by atoms with Gasteiger partial charge in [0, 0.05) is 18.5 Å². The van der Waals surface area contributed by atoms with Crippen LogP contribution in [0.15, 0.2) is 84.9 Å². The second kappa shape index (κ2) is 9.93. The molecule has 0 aliphatic heterocycles. The van der Waals surface area contributed by atoms with Crippen molar-refractivity contribution in [1.29, 1.82) is 0 Å². The van der Waals surface area contributed by atoms with Gasteiger partial charge in [0.05, 0.1) is 5.56 Å². The molecular formula is C24H21F3N2O2. The molecule has 2 amide bonds. The summed E-state index contributed by atoms with van der Waals surface area (Å²) in [6.45, 7) is -0.0880. The average Bonchev–Trinajstić information content (AvgIpc) is 2.78. The molecular weight excluding hydrogens is 405 g/mol. The summed E-state index contributed by atoms with van der Waals surface area (Å²) < 4.78 is 38.7. The molecule has 0 aliphatic rings. The van der Waals surface area contributed by atoms with Gasteiger partial charge >= 0.3 is 6.18 Å². The quantitative estimate of drug-likeness (QED) is 0.590. The maximum atomic E-state index is 12.9. The molecule has 0 heterocycles. The van der Waals surface area contributed by atoms with Gasteiger partial charge in [-0.3, -0.25) is 9.59 Å². The Kier molecular flexibility index (Phi) is 7.07. The van der Waals surface area contributed by atoms with Gasteiger partial charge in [0.2, 0.25) is 5.91 Å².